The molecule has 0 radical (unpaired) electrons. The number of ether oxygens (including phenoxy) is 1. The van der Waals surface area contributed by atoms with Gasteiger partial charge in [0, 0.05) is 5.92 Å². The zero-order valence-electron chi connectivity index (χ0n) is 18.8. The Hall–Kier alpha value is -3.35. The number of carboxylic acid groups (broad SMARTS) is 1. The summed E-state index contributed by atoms with van der Waals surface area (Å²) in [6.45, 7) is 7.11. The Balaban J connectivity index is 1.67. The van der Waals surface area contributed by atoms with Crippen molar-refractivity contribution in [2.45, 2.75) is 45.7 Å². The summed E-state index contributed by atoms with van der Waals surface area (Å²) >= 11 is 0. The summed E-state index contributed by atoms with van der Waals surface area (Å²) in [5.74, 6) is -2.29. The third kappa shape index (κ3) is 4.93. The lowest BCUT2D eigenvalue weighted by Crippen LogP contribution is -2.55. The van der Waals surface area contributed by atoms with Gasteiger partial charge in [0.1, 0.15) is 18.7 Å². The molecule has 0 heterocycles. The number of carbonyl (C=O) groups excluding carboxylic acids is 2. The van der Waals surface area contributed by atoms with Crippen molar-refractivity contribution in [3.05, 3.63) is 59.7 Å². The average molecular weight is 439 g/mol. The van der Waals surface area contributed by atoms with Crippen molar-refractivity contribution in [1.82, 2.24) is 10.6 Å². The highest BCUT2D eigenvalue weighted by molar-refractivity contribution is 5.89. The van der Waals surface area contributed by atoms with E-state index in [9.17, 15) is 19.5 Å². The molecule has 1 unspecified atom stereocenters. The van der Waals surface area contributed by atoms with E-state index < -0.39 is 30.1 Å². The predicted molar refractivity (Wildman–Crippen MR) is 121 cm³/mol. The normalized spacial score (nSPS) is 14.4. The van der Waals surface area contributed by atoms with Crippen molar-refractivity contribution >= 4 is 18.0 Å². The van der Waals surface area contributed by atoms with E-state index in [-0.39, 0.29) is 24.4 Å². The molecular formula is C25H30N2O5. The molecule has 3 rings (SSSR count). The zero-order chi connectivity index (χ0) is 23.4. The smallest absolute Gasteiger partial charge is 0.407 e. The lowest BCUT2D eigenvalue weighted by molar-refractivity contribution is -0.143. The van der Waals surface area contributed by atoms with Crippen LogP contribution in [0.2, 0.25) is 0 Å². The van der Waals surface area contributed by atoms with Crippen LogP contribution >= 0.6 is 0 Å². The van der Waals surface area contributed by atoms with Crippen LogP contribution in [-0.4, -0.2) is 41.8 Å². The highest BCUT2D eigenvalue weighted by atomic mass is 16.5. The minimum atomic E-state index is -1.11. The summed E-state index contributed by atoms with van der Waals surface area (Å²) < 4.78 is 5.52. The molecule has 0 saturated carbocycles. The lowest BCUT2D eigenvalue weighted by Gasteiger charge is -2.25. The molecule has 7 nitrogen and oxygen atoms in total. The Bertz CT molecular complexity index is 956. The number of benzene rings is 2. The number of amides is 2. The molecule has 2 atom stereocenters. The number of fused-ring (bicyclic) bond motifs is 3. The number of carboxylic acids is 1. The minimum absolute atomic E-state index is 0.0863. The topological polar surface area (TPSA) is 105 Å². The van der Waals surface area contributed by atoms with Gasteiger partial charge in [-0.05, 0) is 34.1 Å². The average Bonchev–Trinajstić information content (AvgIpc) is 3.07. The first kappa shape index (κ1) is 23.3. The fourth-order valence-electron chi connectivity index (χ4n) is 4.06. The molecule has 3 N–H and O–H groups in total. The second-order valence-electron chi connectivity index (χ2n) is 8.76. The quantitative estimate of drug-likeness (QED) is 0.582. The molecule has 0 spiro atoms. The van der Waals surface area contributed by atoms with E-state index in [0.717, 1.165) is 22.3 Å². The van der Waals surface area contributed by atoms with Gasteiger partial charge in [0.15, 0.2) is 0 Å². The Kier molecular flexibility index (Phi) is 7.18. The Morgan fingerprint density at radius 3 is 1.81 bits per heavy atom. The molecule has 2 amide bonds. The summed E-state index contributed by atoms with van der Waals surface area (Å²) in [5.41, 5.74) is 4.46. The Morgan fingerprint density at radius 2 is 1.34 bits per heavy atom. The first-order valence-electron chi connectivity index (χ1n) is 10.8. The van der Waals surface area contributed by atoms with E-state index in [2.05, 4.69) is 22.8 Å². The van der Waals surface area contributed by atoms with Crippen molar-refractivity contribution in [3.63, 3.8) is 0 Å². The fraction of sp³-hybridized carbons (Fsp3) is 0.400. The summed E-state index contributed by atoms with van der Waals surface area (Å²) in [6.07, 6.45) is -0.711. The number of alkyl carbamates (subject to hydrolysis) is 1. The van der Waals surface area contributed by atoms with Crippen molar-refractivity contribution in [1.29, 1.82) is 0 Å². The molecule has 0 saturated heterocycles. The standard InChI is InChI=1S/C25H30N2O5/c1-14(2)21(23(28)26-22(15(3)4)24(29)30)27-25(31)32-13-20-18-11-7-5-9-16(18)17-10-6-8-12-19(17)20/h5-12,14-15,20-22H,13H2,1-4H3,(H,26,28)(H,27,31)(H,29,30)/t21?,22-/m0/s1. The molecule has 1 aliphatic rings. The van der Waals surface area contributed by atoms with Gasteiger partial charge in [-0.15, -0.1) is 0 Å². The van der Waals surface area contributed by atoms with Crippen LogP contribution in [0.25, 0.3) is 11.1 Å². The van der Waals surface area contributed by atoms with E-state index in [1.165, 1.54) is 0 Å². The van der Waals surface area contributed by atoms with E-state index in [4.69, 9.17) is 4.74 Å². The maximum atomic E-state index is 12.7. The molecular weight excluding hydrogens is 408 g/mol. The van der Waals surface area contributed by atoms with Gasteiger partial charge in [0.2, 0.25) is 5.91 Å². The Morgan fingerprint density at radius 1 is 0.844 bits per heavy atom. The first-order chi connectivity index (χ1) is 15.2. The third-order valence-electron chi connectivity index (χ3n) is 5.80. The van der Waals surface area contributed by atoms with Gasteiger partial charge in [-0.1, -0.05) is 76.2 Å². The van der Waals surface area contributed by atoms with Gasteiger partial charge >= 0.3 is 12.1 Å². The van der Waals surface area contributed by atoms with Crippen LogP contribution in [0.15, 0.2) is 48.5 Å². The second-order valence-corrected chi connectivity index (χ2v) is 8.76. The zero-order valence-corrected chi connectivity index (χ0v) is 18.8. The maximum Gasteiger partial charge on any atom is 0.407 e. The number of aliphatic carboxylic acids is 1. The highest BCUT2D eigenvalue weighted by Crippen LogP contribution is 2.44. The van der Waals surface area contributed by atoms with Crippen LogP contribution in [0.5, 0.6) is 0 Å². The second kappa shape index (κ2) is 9.85. The minimum Gasteiger partial charge on any atom is -0.480 e. The number of carbonyl (C=O) groups is 3. The van der Waals surface area contributed by atoms with Crippen molar-refractivity contribution in [2.24, 2.45) is 11.8 Å². The number of hydrogen-bond donors (Lipinski definition) is 3. The highest BCUT2D eigenvalue weighted by Gasteiger charge is 2.32. The lowest BCUT2D eigenvalue weighted by atomic mass is 9.98. The molecule has 2 aromatic rings. The SMILES string of the molecule is CC(C)C(NC(=O)OCC1c2ccccc2-c2ccccc21)C(=O)N[C@H](C(=O)O)C(C)C. The van der Waals surface area contributed by atoms with Crippen LogP contribution in [0, 0.1) is 11.8 Å². The van der Waals surface area contributed by atoms with Crippen LogP contribution in [0.4, 0.5) is 4.79 Å². The monoisotopic (exact) mass is 438 g/mol. The van der Waals surface area contributed by atoms with E-state index in [1.807, 2.05) is 36.4 Å². The van der Waals surface area contributed by atoms with Gasteiger partial charge in [0.05, 0.1) is 0 Å². The van der Waals surface area contributed by atoms with Crippen LogP contribution in [0.1, 0.15) is 44.7 Å². The Labute approximate surface area is 188 Å². The van der Waals surface area contributed by atoms with E-state index in [1.54, 1.807) is 27.7 Å². The third-order valence-corrected chi connectivity index (χ3v) is 5.80. The summed E-state index contributed by atoms with van der Waals surface area (Å²) in [5, 5.41) is 14.5. The van der Waals surface area contributed by atoms with Gasteiger partial charge < -0.3 is 20.5 Å². The summed E-state index contributed by atoms with van der Waals surface area (Å²) in [7, 11) is 0. The van der Waals surface area contributed by atoms with Crippen LogP contribution < -0.4 is 10.6 Å². The number of hydrogen-bond acceptors (Lipinski definition) is 4. The number of rotatable bonds is 8. The molecule has 2 aromatic carbocycles. The molecule has 1 aliphatic carbocycles. The van der Waals surface area contributed by atoms with E-state index in [0.29, 0.717) is 0 Å². The predicted octanol–water partition coefficient (Wildman–Crippen LogP) is 3.78. The van der Waals surface area contributed by atoms with Crippen molar-refractivity contribution < 1.29 is 24.2 Å². The van der Waals surface area contributed by atoms with Gasteiger partial charge in [-0.25, -0.2) is 9.59 Å². The van der Waals surface area contributed by atoms with Gasteiger partial charge in [0.25, 0.3) is 0 Å². The molecule has 170 valence electrons. The van der Waals surface area contributed by atoms with Crippen molar-refractivity contribution in [3.8, 4) is 11.1 Å². The van der Waals surface area contributed by atoms with Crippen molar-refractivity contribution in [2.75, 3.05) is 6.61 Å². The van der Waals surface area contributed by atoms with Gasteiger partial charge in [-0.2, -0.15) is 0 Å². The molecule has 0 aromatic heterocycles. The molecule has 7 heteroatoms. The largest absolute Gasteiger partial charge is 0.480 e. The fourth-order valence-corrected chi connectivity index (χ4v) is 4.06. The molecule has 0 fully saturated rings. The summed E-state index contributed by atoms with van der Waals surface area (Å²) in [6, 6.07) is 14.1. The maximum absolute atomic E-state index is 12.7. The summed E-state index contributed by atoms with van der Waals surface area (Å²) in [4.78, 5) is 36.7. The van der Waals surface area contributed by atoms with E-state index >= 15 is 0 Å². The van der Waals surface area contributed by atoms with Crippen LogP contribution in [-0.2, 0) is 14.3 Å². The van der Waals surface area contributed by atoms with Crippen LogP contribution in [0.3, 0.4) is 0 Å². The molecule has 0 aliphatic heterocycles. The number of nitrogens with one attached hydrogen (secondary N) is 2. The molecule has 32 heavy (non-hydrogen) atoms. The first-order valence-corrected chi connectivity index (χ1v) is 10.8. The van der Waals surface area contributed by atoms with Gasteiger partial charge in [-0.3, -0.25) is 4.79 Å². The molecule has 0 bridgehead atoms.